The number of fused-ring (bicyclic) bond motifs is 2. The molecule has 0 atom stereocenters. The van der Waals surface area contributed by atoms with E-state index in [-0.39, 0.29) is 10.8 Å². The Labute approximate surface area is 153 Å². The van der Waals surface area contributed by atoms with Crippen LogP contribution < -0.4 is 4.84 Å². The average Bonchev–Trinajstić information content (AvgIpc) is 2.98. The number of carbonyl (C=O) groups is 1. The van der Waals surface area contributed by atoms with Crippen LogP contribution in [-0.2, 0) is 15.6 Å². The van der Waals surface area contributed by atoms with Crippen LogP contribution >= 0.6 is 0 Å². The molecule has 0 saturated carbocycles. The van der Waals surface area contributed by atoms with Crippen LogP contribution in [-0.4, -0.2) is 16.2 Å². The monoisotopic (exact) mass is 348 g/mol. The summed E-state index contributed by atoms with van der Waals surface area (Å²) in [6, 6.07) is 14.2. The molecule has 134 valence electrons. The highest BCUT2D eigenvalue weighted by Gasteiger charge is 2.37. The number of imidazole rings is 1. The van der Waals surface area contributed by atoms with E-state index in [9.17, 15) is 4.79 Å². The third-order valence-corrected chi connectivity index (χ3v) is 5.78. The molecule has 1 aromatic heterocycles. The Morgan fingerprint density at radius 3 is 2.42 bits per heavy atom. The Morgan fingerprint density at radius 1 is 1.00 bits per heavy atom. The topological polar surface area (TPSA) is 44.1 Å². The molecule has 4 heteroatoms. The van der Waals surface area contributed by atoms with E-state index in [4.69, 9.17) is 9.82 Å². The molecule has 4 rings (SSSR count). The lowest BCUT2D eigenvalue weighted by molar-refractivity contribution is -0.128. The lowest BCUT2D eigenvalue weighted by Crippen LogP contribution is -2.33. The van der Waals surface area contributed by atoms with Crippen LogP contribution in [0.2, 0.25) is 0 Å². The number of rotatable bonds is 3. The molecule has 4 nitrogen and oxygen atoms in total. The molecule has 2 aromatic carbocycles. The van der Waals surface area contributed by atoms with Gasteiger partial charge in [0.15, 0.2) is 5.82 Å². The molecule has 26 heavy (non-hydrogen) atoms. The Morgan fingerprint density at radius 2 is 1.69 bits per heavy atom. The standard InChI is InChI=1S/C22H24N2O2/c1-21(2)11-12-22(3,4)17-13-15(9-10-16(17)21)20-23-18-7-5-6-8-19(18)24(20)26-14-25/h5-10,13-14H,11-12H2,1-4H3. The fourth-order valence-corrected chi connectivity index (χ4v) is 4.06. The van der Waals surface area contributed by atoms with Gasteiger partial charge >= 0.3 is 6.47 Å². The maximum atomic E-state index is 11.0. The Hall–Kier alpha value is -2.62. The number of hydrogen-bond acceptors (Lipinski definition) is 3. The normalized spacial score (nSPS) is 17.7. The molecule has 0 fully saturated rings. The largest absolute Gasteiger partial charge is 0.338 e. The average molecular weight is 348 g/mol. The molecule has 1 aliphatic carbocycles. The summed E-state index contributed by atoms with van der Waals surface area (Å²) in [6.07, 6.45) is 2.33. The van der Waals surface area contributed by atoms with Crippen molar-refractivity contribution in [1.82, 2.24) is 9.71 Å². The minimum absolute atomic E-state index is 0.114. The van der Waals surface area contributed by atoms with Crippen LogP contribution in [0.5, 0.6) is 0 Å². The summed E-state index contributed by atoms with van der Waals surface area (Å²) in [6.45, 7) is 9.67. The van der Waals surface area contributed by atoms with Crippen molar-refractivity contribution in [3.63, 3.8) is 0 Å². The molecule has 0 saturated heterocycles. The third-order valence-electron chi connectivity index (χ3n) is 5.78. The highest BCUT2D eigenvalue weighted by Crippen LogP contribution is 2.46. The van der Waals surface area contributed by atoms with Crippen LogP contribution in [0, 0.1) is 0 Å². The van der Waals surface area contributed by atoms with Crippen LogP contribution in [0.1, 0.15) is 51.7 Å². The van der Waals surface area contributed by atoms with Crippen molar-refractivity contribution in [2.75, 3.05) is 0 Å². The molecule has 0 N–H and O–H groups in total. The second kappa shape index (κ2) is 5.70. The molecule has 0 bridgehead atoms. The van der Waals surface area contributed by atoms with Crippen molar-refractivity contribution in [3.8, 4) is 11.4 Å². The van der Waals surface area contributed by atoms with Gasteiger partial charge in [0, 0.05) is 5.56 Å². The van der Waals surface area contributed by atoms with Gasteiger partial charge in [0.2, 0.25) is 0 Å². The number of aromatic nitrogens is 2. The van der Waals surface area contributed by atoms with Crippen molar-refractivity contribution in [3.05, 3.63) is 53.6 Å². The van der Waals surface area contributed by atoms with Gasteiger partial charge in [-0.1, -0.05) is 52.0 Å². The molecular formula is C22H24N2O2. The number of benzene rings is 2. The number of nitrogens with zero attached hydrogens (tertiary/aromatic N) is 2. The van der Waals surface area contributed by atoms with Crippen LogP contribution in [0.25, 0.3) is 22.4 Å². The van der Waals surface area contributed by atoms with E-state index in [1.54, 1.807) is 0 Å². The maximum absolute atomic E-state index is 11.0. The summed E-state index contributed by atoms with van der Waals surface area (Å²) in [7, 11) is 0. The Balaban J connectivity index is 1.94. The van der Waals surface area contributed by atoms with Gasteiger partial charge in [0.05, 0.1) is 5.52 Å². The summed E-state index contributed by atoms with van der Waals surface area (Å²) in [4.78, 5) is 21.0. The van der Waals surface area contributed by atoms with E-state index in [1.807, 2.05) is 24.3 Å². The summed E-state index contributed by atoms with van der Waals surface area (Å²) in [5.41, 5.74) is 5.60. The lowest BCUT2D eigenvalue weighted by atomic mass is 9.63. The van der Waals surface area contributed by atoms with Crippen molar-refractivity contribution in [2.24, 2.45) is 0 Å². The Kier molecular flexibility index (Phi) is 3.69. The van der Waals surface area contributed by atoms with Gasteiger partial charge in [-0.15, -0.1) is 0 Å². The second-order valence-electron chi connectivity index (χ2n) is 8.45. The fraction of sp³-hybridized carbons (Fsp3) is 0.364. The first-order valence-electron chi connectivity index (χ1n) is 9.07. The zero-order chi connectivity index (χ0) is 18.5. The number of hydrogen-bond donors (Lipinski definition) is 0. The van der Waals surface area contributed by atoms with Gasteiger partial charge in [-0.3, -0.25) is 4.79 Å². The first-order chi connectivity index (χ1) is 12.3. The summed E-state index contributed by atoms with van der Waals surface area (Å²) in [5.74, 6) is 0.653. The Bertz CT molecular complexity index is 999. The summed E-state index contributed by atoms with van der Waals surface area (Å²) < 4.78 is 1.52. The third kappa shape index (κ3) is 2.52. The first kappa shape index (κ1) is 16.8. The predicted octanol–water partition coefficient (Wildman–Crippen LogP) is 4.64. The molecule has 0 unspecified atom stereocenters. The van der Waals surface area contributed by atoms with Crippen LogP contribution in [0.4, 0.5) is 0 Å². The summed E-state index contributed by atoms with van der Waals surface area (Å²) >= 11 is 0. The number of para-hydroxylation sites is 2. The van der Waals surface area contributed by atoms with Gasteiger partial charge in [0.1, 0.15) is 5.52 Å². The summed E-state index contributed by atoms with van der Waals surface area (Å²) in [5, 5.41) is 0. The second-order valence-corrected chi connectivity index (χ2v) is 8.45. The molecular weight excluding hydrogens is 324 g/mol. The SMILES string of the molecule is CC1(C)CCC(C)(C)c2cc(-c3nc4ccccc4n3OC=O)ccc21. The molecule has 0 spiro atoms. The highest BCUT2D eigenvalue weighted by atomic mass is 16.7. The van der Waals surface area contributed by atoms with Gasteiger partial charge in [-0.2, -0.15) is 4.73 Å². The molecule has 3 aromatic rings. The van der Waals surface area contributed by atoms with Crippen LogP contribution in [0.3, 0.4) is 0 Å². The van der Waals surface area contributed by atoms with E-state index in [0.29, 0.717) is 12.3 Å². The zero-order valence-corrected chi connectivity index (χ0v) is 15.7. The molecule has 1 aliphatic rings. The lowest BCUT2D eigenvalue weighted by Gasteiger charge is -2.42. The minimum Gasteiger partial charge on any atom is -0.338 e. The fourth-order valence-electron chi connectivity index (χ4n) is 4.06. The van der Waals surface area contributed by atoms with E-state index < -0.39 is 0 Å². The van der Waals surface area contributed by atoms with Crippen molar-refractivity contribution >= 4 is 17.5 Å². The van der Waals surface area contributed by atoms with Gasteiger partial charge in [-0.25, -0.2) is 4.98 Å². The van der Waals surface area contributed by atoms with E-state index in [1.165, 1.54) is 22.3 Å². The van der Waals surface area contributed by atoms with Gasteiger partial charge < -0.3 is 4.84 Å². The van der Waals surface area contributed by atoms with E-state index in [2.05, 4.69) is 45.9 Å². The minimum atomic E-state index is 0.114. The zero-order valence-electron chi connectivity index (χ0n) is 15.7. The van der Waals surface area contributed by atoms with Gasteiger partial charge in [0.25, 0.3) is 0 Å². The van der Waals surface area contributed by atoms with Gasteiger partial charge in [-0.05, 0) is 53.0 Å². The molecule has 0 amide bonds. The van der Waals surface area contributed by atoms with E-state index in [0.717, 1.165) is 23.0 Å². The quantitative estimate of drug-likeness (QED) is 0.648. The van der Waals surface area contributed by atoms with E-state index >= 15 is 0 Å². The molecule has 0 aliphatic heterocycles. The number of carbonyl (C=O) groups excluding carboxylic acids is 1. The molecule has 0 radical (unpaired) electrons. The van der Waals surface area contributed by atoms with Crippen molar-refractivity contribution in [1.29, 1.82) is 0 Å². The molecule has 1 heterocycles. The predicted molar refractivity (Wildman–Crippen MR) is 103 cm³/mol. The van der Waals surface area contributed by atoms with Crippen molar-refractivity contribution in [2.45, 2.75) is 51.4 Å². The first-order valence-corrected chi connectivity index (χ1v) is 9.07. The smallest absolute Gasteiger partial charge is 0.321 e. The van der Waals surface area contributed by atoms with Crippen LogP contribution in [0.15, 0.2) is 42.5 Å². The van der Waals surface area contributed by atoms with Crippen molar-refractivity contribution < 1.29 is 9.63 Å². The highest BCUT2D eigenvalue weighted by molar-refractivity contribution is 5.80. The maximum Gasteiger partial charge on any atom is 0.321 e.